The molecule has 1 saturated carbocycles. The average molecular weight is 330 g/mol. The molecule has 0 unspecified atom stereocenters. The van der Waals surface area contributed by atoms with Gasteiger partial charge in [0.1, 0.15) is 0 Å². The van der Waals surface area contributed by atoms with Gasteiger partial charge in [-0.15, -0.1) is 0 Å². The van der Waals surface area contributed by atoms with E-state index < -0.39 is 0 Å². The summed E-state index contributed by atoms with van der Waals surface area (Å²) in [6, 6.07) is 0. The van der Waals surface area contributed by atoms with Gasteiger partial charge in [-0.05, 0) is 38.5 Å². The Hall–Kier alpha value is -1.58. The largest absolute Gasteiger partial charge is 0.466 e. The zero-order chi connectivity index (χ0) is 16.9. The highest BCUT2D eigenvalue weighted by atomic mass is 16.5. The van der Waals surface area contributed by atoms with Crippen LogP contribution in [0, 0.1) is 10.8 Å². The zero-order valence-corrected chi connectivity index (χ0v) is 14.7. The van der Waals surface area contributed by atoms with E-state index in [9.17, 15) is 9.59 Å². The number of hydrogen-bond donors (Lipinski definition) is 0. The van der Waals surface area contributed by atoms with Gasteiger partial charge in [0.2, 0.25) is 0 Å². The molecule has 0 aromatic rings. The van der Waals surface area contributed by atoms with Gasteiger partial charge in [0.05, 0.1) is 25.4 Å². The lowest BCUT2D eigenvalue weighted by molar-refractivity contribution is -0.147. The molecule has 4 nitrogen and oxygen atoms in total. The predicted molar refractivity (Wildman–Crippen MR) is 89.1 cm³/mol. The third kappa shape index (κ3) is 1.60. The van der Waals surface area contributed by atoms with E-state index in [-0.39, 0.29) is 22.8 Å². The van der Waals surface area contributed by atoms with Gasteiger partial charge in [-0.25, -0.2) is 9.59 Å². The number of esters is 2. The number of hydrogen-bond acceptors (Lipinski definition) is 4. The van der Waals surface area contributed by atoms with Crippen LogP contribution in [0.1, 0.15) is 64.2 Å². The third-order valence-corrected chi connectivity index (χ3v) is 6.96. The van der Waals surface area contributed by atoms with E-state index in [0.717, 1.165) is 38.5 Å². The van der Waals surface area contributed by atoms with Crippen molar-refractivity contribution in [3.05, 3.63) is 22.3 Å². The highest BCUT2D eigenvalue weighted by molar-refractivity contribution is 6.09. The normalized spacial score (nSPS) is 34.6. The van der Waals surface area contributed by atoms with Crippen LogP contribution in [0.15, 0.2) is 22.3 Å². The standard InChI is InChI=1S/C20H26O4/c1-23-17(21)15-16(18(22)24-2)20-12-8-4-7-11-19(15,20)13-9-5-3-6-10-14(13)20/h3-12H2,1-2H3/t19-,20+. The molecule has 24 heavy (non-hydrogen) atoms. The Kier molecular flexibility index (Phi) is 3.63. The maximum absolute atomic E-state index is 12.6. The molecule has 0 radical (unpaired) electrons. The van der Waals surface area contributed by atoms with Gasteiger partial charge in [-0.1, -0.05) is 36.8 Å². The first-order valence-corrected chi connectivity index (χ1v) is 9.30. The summed E-state index contributed by atoms with van der Waals surface area (Å²) in [5, 5.41) is 0. The Bertz CT molecular complexity index is 617. The molecule has 0 aromatic carbocycles. The molecule has 0 saturated heterocycles. The van der Waals surface area contributed by atoms with Crippen LogP contribution in [0.4, 0.5) is 0 Å². The molecule has 0 spiro atoms. The molecular weight excluding hydrogens is 304 g/mol. The monoisotopic (exact) mass is 330 g/mol. The quantitative estimate of drug-likeness (QED) is 0.570. The molecule has 4 aliphatic carbocycles. The van der Waals surface area contributed by atoms with Gasteiger partial charge in [-0.3, -0.25) is 0 Å². The Balaban J connectivity index is 1.93. The fraction of sp³-hybridized carbons (Fsp3) is 0.700. The molecular formula is C20H26O4. The van der Waals surface area contributed by atoms with Crippen LogP contribution in [-0.2, 0) is 19.1 Å². The van der Waals surface area contributed by atoms with E-state index >= 15 is 0 Å². The summed E-state index contributed by atoms with van der Waals surface area (Å²) in [5.74, 6) is -0.660. The zero-order valence-electron chi connectivity index (χ0n) is 14.7. The van der Waals surface area contributed by atoms with Crippen LogP contribution >= 0.6 is 0 Å². The molecule has 4 rings (SSSR count). The smallest absolute Gasteiger partial charge is 0.335 e. The van der Waals surface area contributed by atoms with E-state index in [1.165, 1.54) is 51.0 Å². The molecule has 0 N–H and O–H groups in total. The van der Waals surface area contributed by atoms with Gasteiger partial charge in [-0.2, -0.15) is 0 Å². The fourth-order valence-electron chi connectivity index (χ4n) is 6.26. The van der Waals surface area contributed by atoms with Gasteiger partial charge < -0.3 is 9.47 Å². The van der Waals surface area contributed by atoms with Crippen molar-refractivity contribution in [3.8, 4) is 0 Å². The van der Waals surface area contributed by atoms with Crippen molar-refractivity contribution >= 4 is 11.9 Å². The van der Waals surface area contributed by atoms with Crippen molar-refractivity contribution in [2.24, 2.45) is 10.8 Å². The minimum Gasteiger partial charge on any atom is -0.466 e. The van der Waals surface area contributed by atoms with Crippen LogP contribution in [0.3, 0.4) is 0 Å². The summed E-state index contributed by atoms with van der Waals surface area (Å²) in [6.45, 7) is 0. The molecule has 0 amide bonds. The molecule has 0 heterocycles. The summed E-state index contributed by atoms with van der Waals surface area (Å²) in [4.78, 5) is 25.2. The molecule has 130 valence electrons. The Morgan fingerprint density at radius 2 is 1.12 bits per heavy atom. The van der Waals surface area contributed by atoms with Crippen LogP contribution in [0.2, 0.25) is 0 Å². The van der Waals surface area contributed by atoms with Crippen molar-refractivity contribution in [2.45, 2.75) is 64.2 Å². The number of ether oxygens (including phenoxy) is 2. The molecule has 1 fully saturated rings. The number of carbonyl (C=O) groups excluding carboxylic acids is 2. The van der Waals surface area contributed by atoms with Gasteiger partial charge >= 0.3 is 11.9 Å². The number of carbonyl (C=O) groups is 2. The van der Waals surface area contributed by atoms with Crippen molar-refractivity contribution in [1.29, 1.82) is 0 Å². The maximum Gasteiger partial charge on any atom is 0.335 e. The maximum atomic E-state index is 12.6. The second-order valence-electron chi connectivity index (χ2n) is 7.62. The molecule has 0 aromatic heterocycles. The van der Waals surface area contributed by atoms with Gasteiger partial charge in [0, 0.05) is 10.8 Å². The highest BCUT2D eigenvalue weighted by Crippen LogP contribution is 2.81. The van der Waals surface area contributed by atoms with Crippen LogP contribution in [0.25, 0.3) is 0 Å². The summed E-state index contributed by atoms with van der Waals surface area (Å²) < 4.78 is 10.2. The topological polar surface area (TPSA) is 52.6 Å². The van der Waals surface area contributed by atoms with Crippen molar-refractivity contribution < 1.29 is 19.1 Å². The van der Waals surface area contributed by atoms with Crippen LogP contribution in [0.5, 0.6) is 0 Å². The fourth-order valence-corrected chi connectivity index (χ4v) is 6.26. The second kappa shape index (κ2) is 5.47. The Labute approximate surface area is 143 Å². The average Bonchev–Trinajstić information content (AvgIpc) is 2.87. The van der Waals surface area contributed by atoms with E-state index in [4.69, 9.17) is 9.47 Å². The van der Waals surface area contributed by atoms with Gasteiger partial charge in [0.15, 0.2) is 0 Å². The van der Waals surface area contributed by atoms with E-state index in [1.54, 1.807) is 0 Å². The predicted octanol–water partition coefficient (Wildman–Crippen LogP) is 3.85. The third-order valence-electron chi connectivity index (χ3n) is 6.96. The minimum atomic E-state index is -0.330. The lowest BCUT2D eigenvalue weighted by Gasteiger charge is -2.69. The van der Waals surface area contributed by atoms with Crippen LogP contribution in [-0.4, -0.2) is 26.2 Å². The summed E-state index contributed by atoms with van der Waals surface area (Å²) in [6.07, 6.45) is 11.1. The van der Waals surface area contributed by atoms with Crippen molar-refractivity contribution in [1.82, 2.24) is 0 Å². The number of allylic oxidation sites excluding steroid dienone is 2. The summed E-state index contributed by atoms with van der Waals surface area (Å²) in [7, 11) is 2.83. The molecule has 2 atom stereocenters. The first-order valence-electron chi connectivity index (χ1n) is 9.30. The Morgan fingerprint density at radius 3 is 1.54 bits per heavy atom. The van der Waals surface area contributed by atoms with Crippen molar-refractivity contribution in [2.75, 3.05) is 14.2 Å². The van der Waals surface area contributed by atoms with Crippen LogP contribution < -0.4 is 0 Å². The molecule has 0 bridgehead atoms. The molecule has 4 heteroatoms. The van der Waals surface area contributed by atoms with E-state index in [2.05, 4.69) is 0 Å². The molecule has 4 aliphatic rings. The van der Waals surface area contributed by atoms with E-state index in [0.29, 0.717) is 11.1 Å². The first-order chi connectivity index (χ1) is 11.6. The molecule has 0 aliphatic heterocycles. The van der Waals surface area contributed by atoms with E-state index in [1.807, 2.05) is 0 Å². The van der Waals surface area contributed by atoms with Gasteiger partial charge in [0.25, 0.3) is 0 Å². The number of rotatable bonds is 2. The first kappa shape index (κ1) is 15.9. The lowest BCUT2D eigenvalue weighted by atomic mass is 9.31. The highest BCUT2D eigenvalue weighted by Gasteiger charge is 2.76. The summed E-state index contributed by atoms with van der Waals surface area (Å²) >= 11 is 0. The minimum absolute atomic E-state index is 0.222. The van der Waals surface area contributed by atoms with Crippen molar-refractivity contribution in [3.63, 3.8) is 0 Å². The second-order valence-corrected chi connectivity index (χ2v) is 7.62. The lowest BCUT2D eigenvalue weighted by Crippen LogP contribution is -2.65. The SMILES string of the molecule is COC(=O)C1=C(C(=O)OC)[C@]23CCCCC[C@]12C1=C3CCCCC1. The summed E-state index contributed by atoms with van der Waals surface area (Å²) in [5.41, 5.74) is 3.74. The Morgan fingerprint density at radius 1 is 0.708 bits per heavy atom. The number of methoxy groups -OCH3 is 2.